The van der Waals surface area contributed by atoms with Gasteiger partial charge in [0.05, 0.1) is 7.11 Å². The highest BCUT2D eigenvalue weighted by Gasteiger charge is 2.11. The number of benzene rings is 2. The van der Waals surface area contributed by atoms with Crippen LogP contribution in [0.25, 0.3) is 11.4 Å². The first-order valence-electron chi connectivity index (χ1n) is 8.62. The summed E-state index contributed by atoms with van der Waals surface area (Å²) in [5.41, 5.74) is 1.89. The molecule has 0 aliphatic heterocycles. The number of aryl methyl sites for hydroxylation is 1. The second kappa shape index (κ2) is 9.19. The number of nitrogens with one attached hydrogen (secondary N) is 1. The fourth-order valence-corrected chi connectivity index (χ4v) is 2.80. The molecule has 1 heterocycles. The van der Waals surface area contributed by atoms with E-state index in [1.807, 2.05) is 48.5 Å². The van der Waals surface area contributed by atoms with Crippen molar-refractivity contribution in [1.29, 1.82) is 0 Å². The van der Waals surface area contributed by atoms with Gasteiger partial charge in [0.25, 0.3) is 0 Å². The number of carbonyl (C=O) groups excluding carboxylic acids is 1. The smallest absolute Gasteiger partial charge is 0.227 e. The molecule has 0 spiro atoms. The third-order valence-electron chi connectivity index (χ3n) is 3.99. The summed E-state index contributed by atoms with van der Waals surface area (Å²) in [6.45, 7) is 0.554. The minimum atomic E-state index is -0.0573. The molecule has 1 amide bonds. The van der Waals surface area contributed by atoms with Crippen LogP contribution < -0.4 is 10.1 Å². The van der Waals surface area contributed by atoms with E-state index in [0.717, 1.165) is 23.3 Å². The van der Waals surface area contributed by atoms with Crippen LogP contribution in [0, 0.1) is 0 Å². The van der Waals surface area contributed by atoms with E-state index in [0.29, 0.717) is 29.7 Å². The van der Waals surface area contributed by atoms with Crippen LogP contribution in [0.2, 0.25) is 5.02 Å². The van der Waals surface area contributed by atoms with Gasteiger partial charge in [0, 0.05) is 30.0 Å². The van der Waals surface area contributed by atoms with Gasteiger partial charge in [-0.1, -0.05) is 41.0 Å². The van der Waals surface area contributed by atoms with E-state index >= 15 is 0 Å². The molecule has 0 saturated heterocycles. The molecule has 27 heavy (non-hydrogen) atoms. The summed E-state index contributed by atoms with van der Waals surface area (Å²) in [5, 5.41) is 7.55. The molecular formula is C20H20ClN3O3. The van der Waals surface area contributed by atoms with Crippen molar-refractivity contribution < 1.29 is 14.1 Å². The maximum Gasteiger partial charge on any atom is 0.227 e. The summed E-state index contributed by atoms with van der Waals surface area (Å²) >= 11 is 5.95. The molecule has 2 aromatic carbocycles. The molecule has 140 valence electrons. The predicted molar refractivity (Wildman–Crippen MR) is 103 cm³/mol. The zero-order valence-corrected chi connectivity index (χ0v) is 15.7. The maximum atomic E-state index is 12.0. The van der Waals surface area contributed by atoms with Crippen LogP contribution in [0.5, 0.6) is 5.75 Å². The molecule has 0 fully saturated rings. The lowest BCUT2D eigenvalue weighted by Gasteiger charge is -2.04. The molecule has 1 aromatic heterocycles. The Kier molecular flexibility index (Phi) is 6.44. The minimum absolute atomic E-state index is 0.0573. The third kappa shape index (κ3) is 5.56. The minimum Gasteiger partial charge on any atom is -0.497 e. The summed E-state index contributed by atoms with van der Waals surface area (Å²) in [6, 6.07) is 15.0. The van der Waals surface area contributed by atoms with Gasteiger partial charge >= 0.3 is 0 Å². The van der Waals surface area contributed by atoms with Gasteiger partial charge in [-0.05, 0) is 36.2 Å². The molecule has 3 rings (SSSR count). The predicted octanol–water partition coefficient (Wildman–Crippen LogP) is 3.69. The molecule has 1 N–H and O–H groups in total. The first kappa shape index (κ1) is 18.9. The molecule has 0 radical (unpaired) electrons. The van der Waals surface area contributed by atoms with Gasteiger partial charge < -0.3 is 14.6 Å². The number of hydrogen-bond donors (Lipinski definition) is 1. The number of carbonyl (C=O) groups is 1. The number of methoxy groups -OCH3 is 1. The summed E-state index contributed by atoms with van der Waals surface area (Å²) in [4.78, 5) is 16.3. The van der Waals surface area contributed by atoms with E-state index in [-0.39, 0.29) is 12.3 Å². The second-order valence-corrected chi connectivity index (χ2v) is 6.41. The van der Waals surface area contributed by atoms with Gasteiger partial charge in [-0.2, -0.15) is 4.98 Å². The highest BCUT2D eigenvalue weighted by atomic mass is 35.5. The maximum absolute atomic E-state index is 12.0. The Bertz CT molecular complexity index is 911. The lowest BCUT2D eigenvalue weighted by molar-refractivity contribution is -0.121. The van der Waals surface area contributed by atoms with Gasteiger partial charge in [0.1, 0.15) is 5.75 Å². The second-order valence-electron chi connectivity index (χ2n) is 5.97. The average Bonchev–Trinajstić information content (AvgIpc) is 3.16. The summed E-state index contributed by atoms with van der Waals surface area (Å²) in [6.07, 6.45) is 1.40. The van der Waals surface area contributed by atoms with Crippen LogP contribution in [-0.4, -0.2) is 29.7 Å². The Hall–Kier alpha value is -2.86. The van der Waals surface area contributed by atoms with Gasteiger partial charge in [-0.25, -0.2) is 0 Å². The lowest BCUT2D eigenvalue weighted by atomic mass is 10.1. The molecule has 0 unspecified atom stereocenters. The van der Waals surface area contributed by atoms with E-state index in [9.17, 15) is 4.79 Å². The van der Waals surface area contributed by atoms with Crippen molar-refractivity contribution in [3.8, 4) is 17.1 Å². The molecule has 7 heteroatoms. The van der Waals surface area contributed by atoms with Gasteiger partial charge in [0.15, 0.2) is 0 Å². The van der Waals surface area contributed by atoms with E-state index in [2.05, 4.69) is 15.5 Å². The van der Waals surface area contributed by atoms with Crippen LogP contribution in [-0.2, 0) is 17.6 Å². The molecule has 0 aliphatic carbocycles. The largest absolute Gasteiger partial charge is 0.497 e. The van der Waals surface area contributed by atoms with Crippen molar-refractivity contribution in [2.24, 2.45) is 0 Å². The standard InChI is InChI=1S/C20H20ClN3O3/c1-26-17-7-3-5-15(13-17)20-23-19(27-24-20)9-8-18(25)22-11-10-14-4-2-6-16(21)12-14/h2-7,12-13H,8-11H2,1H3,(H,22,25). The van der Waals surface area contributed by atoms with Crippen LogP contribution in [0.15, 0.2) is 53.1 Å². The lowest BCUT2D eigenvalue weighted by Crippen LogP contribution is -2.25. The van der Waals surface area contributed by atoms with E-state index in [4.69, 9.17) is 20.9 Å². The number of ether oxygens (including phenoxy) is 1. The SMILES string of the molecule is COc1cccc(-c2noc(CCC(=O)NCCc3cccc(Cl)c3)n2)c1. The quantitative estimate of drug-likeness (QED) is 0.639. The number of hydrogen-bond acceptors (Lipinski definition) is 5. The Morgan fingerprint density at radius 3 is 2.85 bits per heavy atom. The summed E-state index contributed by atoms with van der Waals surface area (Å²) in [5.74, 6) is 1.57. The van der Waals surface area contributed by atoms with Crippen LogP contribution in [0.3, 0.4) is 0 Å². The fourth-order valence-electron chi connectivity index (χ4n) is 2.58. The molecule has 0 atom stereocenters. The van der Waals surface area contributed by atoms with E-state index in [1.54, 1.807) is 7.11 Å². The van der Waals surface area contributed by atoms with Gasteiger partial charge in [-0.3, -0.25) is 4.79 Å². The summed E-state index contributed by atoms with van der Waals surface area (Å²) < 4.78 is 10.4. The summed E-state index contributed by atoms with van der Waals surface area (Å²) in [7, 11) is 1.60. The zero-order chi connectivity index (χ0) is 19.1. The van der Waals surface area contributed by atoms with Gasteiger partial charge in [-0.15, -0.1) is 0 Å². The highest BCUT2D eigenvalue weighted by Crippen LogP contribution is 2.21. The van der Waals surface area contributed by atoms with Crippen molar-refractivity contribution in [3.05, 3.63) is 65.0 Å². The normalized spacial score (nSPS) is 10.6. The average molecular weight is 386 g/mol. The van der Waals surface area contributed by atoms with Crippen molar-refractivity contribution in [1.82, 2.24) is 15.5 Å². The third-order valence-corrected chi connectivity index (χ3v) is 4.22. The Balaban J connectivity index is 1.46. The Labute approximate surface area is 162 Å². The molecular weight excluding hydrogens is 366 g/mol. The zero-order valence-electron chi connectivity index (χ0n) is 14.9. The van der Waals surface area contributed by atoms with Crippen molar-refractivity contribution >= 4 is 17.5 Å². The van der Waals surface area contributed by atoms with E-state index < -0.39 is 0 Å². The molecule has 0 bridgehead atoms. The number of aromatic nitrogens is 2. The first-order chi connectivity index (χ1) is 13.1. The fraction of sp³-hybridized carbons (Fsp3) is 0.250. The number of rotatable bonds is 8. The highest BCUT2D eigenvalue weighted by molar-refractivity contribution is 6.30. The van der Waals surface area contributed by atoms with Crippen molar-refractivity contribution in [3.63, 3.8) is 0 Å². The Morgan fingerprint density at radius 2 is 2.04 bits per heavy atom. The van der Waals surface area contributed by atoms with Crippen molar-refractivity contribution in [2.75, 3.05) is 13.7 Å². The number of nitrogens with zero attached hydrogens (tertiary/aromatic N) is 2. The van der Waals surface area contributed by atoms with Crippen LogP contribution in [0.4, 0.5) is 0 Å². The van der Waals surface area contributed by atoms with Crippen LogP contribution >= 0.6 is 11.6 Å². The van der Waals surface area contributed by atoms with Crippen molar-refractivity contribution in [2.45, 2.75) is 19.3 Å². The van der Waals surface area contributed by atoms with E-state index in [1.165, 1.54) is 0 Å². The molecule has 3 aromatic rings. The van der Waals surface area contributed by atoms with Crippen LogP contribution in [0.1, 0.15) is 17.9 Å². The molecule has 0 saturated carbocycles. The number of amides is 1. The van der Waals surface area contributed by atoms with Gasteiger partial charge in [0.2, 0.25) is 17.6 Å². The first-order valence-corrected chi connectivity index (χ1v) is 9.00. The molecule has 0 aliphatic rings. The Morgan fingerprint density at radius 1 is 1.19 bits per heavy atom. The molecule has 6 nitrogen and oxygen atoms in total. The monoisotopic (exact) mass is 385 g/mol. The number of halogens is 1. The topological polar surface area (TPSA) is 77.2 Å².